The van der Waals surface area contributed by atoms with E-state index in [-0.39, 0.29) is 24.0 Å². The fraction of sp³-hybridized carbons (Fsp3) is 0.462. The first-order valence-electron chi connectivity index (χ1n) is 5.83. The van der Waals surface area contributed by atoms with Crippen molar-refractivity contribution in [3.8, 4) is 0 Å². The van der Waals surface area contributed by atoms with E-state index in [0.29, 0.717) is 0 Å². The molecule has 1 rings (SSSR count). The molecule has 0 aliphatic carbocycles. The Hall–Kier alpha value is -0.300. The molecule has 0 atom stereocenters. The molecule has 1 N–H and O–H groups in total. The van der Waals surface area contributed by atoms with Crippen molar-refractivity contribution in [3.05, 3.63) is 34.3 Å². The molecule has 0 aliphatic rings. The van der Waals surface area contributed by atoms with Crippen molar-refractivity contribution in [1.82, 2.24) is 10.2 Å². The van der Waals surface area contributed by atoms with Crippen LogP contribution in [0.2, 0.25) is 0 Å². The van der Waals surface area contributed by atoms with Crippen molar-refractivity contribution >= 4 is 45.9 Å². The van der Waals surface area contributed by atoms with E-state index in [2.05, 4.69) is 62.3 Å². The summed E-state index contributed by atoms with van der Waals surface area (Å²) in [7, 11) is 3.86. The monoisotopic (exact) mass is 425 g/mol. The maximum Gasteiger partial charge on any atom is 0.193 e. The van der Waals surface area contributed by atoms with Crippen LogP contribution >= 0.6 is 39.9 Å². The van der Waals surface area contributed by atoms with Crippen molar-refractivity contribution in [3.63, 3.8) is 0 Å². The van der Waals surface area contributed by atoms with E-state index in [4.69, 9.17) is 0 Å². The first kappa shape index (κ1) is 17.7. The quantitative estimate of drug-likeness (QED) is 0.454. The van der Waals surface area contributed by atoms with Crippen LogP contribution in [0.3, 0.4) is 0 Å². The highest BCUT2D eigenvalue weighted by Gasteiger charge is 2.05. The molecule has 0 saturated heterocycles. The topological polar surface area (TPSA) is 27.6 Å². The second-order valence-electron chi connectivity index (χ2n) is 3.96. The zero-order valence-corrected chi connectivity index (χ0v) is 15.0. The van der Waals surface area contributed by atoms with Crippen LogP contribution in [0.25, 0.3) is 0 Å². The van der Waals surface area contributed by atoms with E-state index < -0.39 is 0 Å². The average molecular weight is 426 g/mol. The van der Waals surface area contributed by atoms with Gasteiger partial charge in [-0.25, -0.2) is 0 Å². The van der Waals surface area contributed by atoms with Crippen LogP contribution < -0.4 is 5.32 Å². The Morgan fingerprint density at radius 2 is 1.94 bits per heavy atom. The highest BCUT2D eigenvalue weighted by Crippen LogP contribution is 2.11. The van der Waals surface area contributed by atoms with Gasteiger partial charge < -0.3 is 10.2 Å². The highest BCUT2D eigenvalue weighted by atomic mass is 127. The number of halogens is 2. The number of aliphatic imine (C=N–C) groups is 1. The fourth-order valence-corrected chi connectivity index (χ4v) is 1.82. The standard InChI is InChI=1S/C13H20BrN3.HI/c1-4-9-16-13(15-2)17(3)10-11-5-7-12(14)8-6-11;/h5-8H,4,9-10H2,1-3H3,(H,15,16);1H. The molecule has 3 nitrogen and oxygen atoms in total. The predicted octanol–water partition coefficient (Wildman–Crippen LogP) is 3.48. The van der Waals surface area contributed by atoms with Crippen LogP contribution in [-0.2, 0) is 6.54 Å². The van der Waals surface area contributed by atoms with E-state index in [1.807, 2.05) is 14.1 Å². The third-order valence-electron chi connectivity index (χ3n) is 2.44. The number of nitrogens with zero attached hydrogens (tertiary/aromatic N) is 2. The minimum atomic E-state index is 0. The molecule has 0 heterocycles. The normalized spacial score (nSPS) is 10.8. The van der Waals surface area contributed by atoms with Gasteiger partial charge in [0.15, 0.2) is 5.96 Å². The number of hydrogen-bond acceptors (Lipinski definition) is 1. The summed E-state index contributed by atoms with van der Waals surface area (Å²) in [6, 6.07) is 8.36. The zero-order valence-electron chi connectivity index (χ0n) is 11.1. The molecule has 0 aliphatic heterocycles. The Balaban J connectivity index is 0.00000289. The molecular weight excluding hydrogens is 405 g/mol. The molecule has 0 fully saturated rings. The highest BCUT2D eigenvalue weighted by molar-refractivity contribution is 14.0. The molecule has 0 aromatic heterocycles. The minimum absolute atomic E-state index is 0. The fourth-order valence-electron chi connectivity index (χ4n) is 1.56. The minimum Gasteiger partial charge on any atom is -0.356 e. The first-order chi connectivity index (χ1) is 8.17. The summed E-state index contributed by atoms with van der Waals surface area (Å²) in [4.78, 5) is 6.39. The maximum atomic E-state index is 4.26. The van der Waals surface area contributed by atoms with Crippen LogP contribution in [0.15, 0.2) is 33.7 Å². The van der Waals surface area contributed by atoms with Gasteiger partial charge in [0.25, 0.3) is 0 Å². The Labute approximate surface area is 135 Å². The lowest BCUT2D eigenvalue weighted by molar-refractivity contribution is 0.477. The Bertz CT molecular complexity index is 365. The van der Waals surface area contributed by atoms with Crippen molar-refractivity contribution in [1.29, 1.82) is 0 Å². The molecule has 102 valence electrons. The van der Waals surface area contributed by atoms with Crippen molar-refractivity contribution in [2.45, 2.75) is 19.9 Å². The molecule has 18 heavy (non-hydrogen) atoms. The van der Waals surface area contributed by atoms with Gasteiger partial charge in [0.05, 0.1) is 0 Å². The molecular formula is C13H21BrIN3. The van der Waals surface area contributed by atoms with Gasteiger partial charge in [-0.2, -0.15) is 0 Å². The summed E-state index contributed by atoms with van der Waals surface area (Å²) in [5.41, 5.74) is 1.27. The number of hydrogen-bond donors (Lipinski definition) is 1. The summed E-state index contributed by atoms with van der Waals surface area (Å²) < 4.78 is 1.11. The molecule has 1 aromatic rings. The Kier molecular flexibility index (Phi) is 9.45. The lowest BCUT2D eigenvalue weighted by atomic mass is 10.2. The van der Waals surface area contributed by atoms with Gasteiger partial charge in [0.1, 0.15) is 0 Å². The number of guanidine groups is 1. The Morgan fingerprint density at radius 3 is 2.44 bits per heavy atom. The van der Waals surface area contributed by atoms with E-state index in [1.165, 1.54) is 5.56 Å². The van der Waals surface area contributed by atoms with Gasteiger partial charge in [-0.3, -0.25) is 4.99 Å². The summed E-state index contributed by atoms with van der Waals surface area (Å²) >= 11 is 3.44. The summed E-state index contributed by atoms with van der Waals surface area (Å²) in [5.74, 6) is 0.940. The first-order valence-corrected chi connectivity index (χ1v) is 6.63. The van der Waals surface area contributed by atoms with Crippen LogP contribution in [0.4, 0.5) is 0 Å². The number of nitrogens with one attached hydrogen (secondary N) is 1. The van der Waals surface area contributed by atoms with Gasteiger partial charge in [0, 0.05) is 31.7 Å². The number of benzene rings is 1. The molecule has 0 saturated carbocycles. The Morgan fingerprint density at radius 1 is 1.33 bits per heavy atom. The van der Waals surface area contributed by atoms with E-state index in [9.17, 15) is 0 Å². The third kappa shape index (κ3) is 6.04. The molecule has 0 radical (unpaired) electrons. The van der Waals surface area contributed by atoms with E-state index in [1.54, 1.807) is 0 Å². The SMILES string of the molecule is CCCNC(=NC)N(C)Cc1ccc(Br)cc1.I. The van der Waals surface area contributed by atoms with Gasteiger partial charge in [-0.15, -0.1) is 24.0 Å². The van der Waals surface area contributed by atoms with Gasteiger partial charge in [-0.1, -0.05) is 35.0 Å². The van der Waals surface area contributed by atoms with Crippen LogP contribution in [0.1, 0.15) is 18.9 Å². The third-order valence-corrected chi connectivity index (χ3v) is 2.97. The number of rotatable bonds is 4. The van der Waals surface area contributed by atoms with Crippen LogP contribution in [0, 0.1) is 0 Å². The average Bonchev–Trinajstić information content (AvgIpc) is 2.33. The smallest absolute Gasteiger partial charge is 0.193 e. The van der Waals surface area contributed by atoms with Crippen molar-refractivity contribution in [2.24, 2.45) is 4.99 Å². The molecule has 0 spiro atoms. The molecule has 5 heteroatoms. The molecule has 1 aromatic carbocycles. The second kappa shape index (κ2) is 9.61. The van der Waals surface area contributed by atoms with E-state index >= 15 is 0 Å². The maximum absolute atomic E-state index is 4.26. The van der Waals surface area contributed by atoms with Gasteiger partial charge in [-0.05, 0) is 24.1 Å². The van der Waals surface area contributed by atoms with Crippen molar-refractivity contribution in [2.75, 3.05) is 20.6 Å². The van der Waals surface area contributed by atoms with Gasteiger partial charge >= 0.3 is 0 Å². The summed E-state index contributed by atoms with van der Waals surface area (Å²) in [5, 5.41) is 3.32. The molecule has 0 bridgehead atoms. The second-order valence-corrected chi connectivity index (χ2v) is 4.87. The summed E-state index contributed by atoms with van der Waals surface area (Å²) in [6.07, 6.45) is 1.10. The molecule has 0 amide bonds. The van der Waals surface area contributed by atoms with Crippen LogP contribution in [-0.4, -0.2) is 31.5 Å². The zero-order chi connectivity index (χ0) is 12.7. The van der Waals surface area contributed by atoms with Crippen LogP contribution in [0.5, 0.6) is 0 Å². The van der Waals surface area contributed by atoms with E-state index in [0.717, 1.165) is 29.9 Å². The predicted molar refractivity (Wildman–Crippen MR) is 92.7 cm³/mol. The van der Waals surface area contributed by atoms with Gasteiger partial charge in [0.2, 0.25) is 0 Å². The molecule has 0 unspecified atom stereocenters. The summed E-state index contributed by atoms with van der Waals surface area (Å²) in [6.45, 7) is 3.96. The lowest BCUT2D eigenvalue weighted by Gasteiger charge is -2.22. The largest absolute Gasteiger partial charge is 0.356 e. The van der Waals surface area contributed by atoms with Crippen molar-refractivity contribution < 1.29 is 0 Å². The lowest BCUT2D eigenvalue weighted by Crippen LogP contribution is -2.38.